The van der Waals surface area contributed by atoms with Gasteiger partial charge in [-0.05, 0) is 39.3 Å². The van der Waals surface area contributed by atoms with Crippen molar-refractivity contribution in [1.29, 1.82) is 0 Å². The fraction of sp³-hybridized carbons (Fsp3) is 0.500. The fourth-order valence-electron chi connectivity index (χ4n) is 1.81. The molecule has 2 aromatic heterocycles. The van der Waals surface area contributed by atoms with Crippen molar-refractivity contribution in [2.75, 3.05) is 5.32 Å². The van der Waals surface area contributed by atoms with Gasteiger partial charge in [0.25, 0.3) is 0 Å². The van der Waals surface area contributed by atoms with E-state index in [0.29, 0.717) is 12.1 Å². The molecule has 1 unspecified atom stereocenters. The number of hydrogen-bond donors (Lipinski definition) is 1. The zero-order valence-corrected chi connectivity index (χ0v) is 12.3. The Bertz CT molecular complexity index is 499. The molecule has 1 N–H and O–H groups in total. The maximum absolute atomic E-state index is 4.51. The summed E-state index contributed by atoms with van der Waals surface area (Å²) in [5, 5.41) is 7.96. The molecule has 2 aromatic rings. The average molecular weight is 263 g/mol. The number of nitrogens with one attached hydrogen (secondary N) is 1. The lowest BCUT2D eigenvalue weighted by Gasteiger charge is -2.11. The van der Waals surface area contributed by atoms with Crippen LogP contribution in [0.15, 0.2) is 24.4 Å². The van der Waals surface area contributed by atoms with Crippen LogP contribution in [0.25, 0.3) is 0 Å². The molecule has 0 amide bonds. The van der Waals surface area contributed by atoms with E-state index in [-0.39, 0.29) is 0 Å². The third-order valence-electron chi connectivity index (χ3n) is 2.96. The molecule has 0 aliphatic rings. The normalized spacial score (nSPS) is 12.9. The molecule has 2 rings (SSSR count). The topological polar surface area (TPSA) is 29.9 Å². The van der Waals surface area contributed by atoms with Gasteiger partial charge in [-0.3, -0.25) is 4.68 Å². The molecule has 3 nitrogen and oxygen atoms in total. The van der Waals surface area contributed by atoms with Gasteiger partial charge >= 0.3 is 0 Å². The highest BCUT2D eigenvalue weighted by molar-refractivity contribution is 7.12. The van der Waals surface area contributed by atoms with E-state index in [9.17, 15) is 0 Å². The molecule has 0 aliphatic heterocycles. The van der Waals surface area contributed by atoms with Crippen LogP contribution in [0.1, 0.15) is 49.5 Å². The van der Waals surface area contributed by atoms with Gasteiger partial charge in [-0.1, -0.05) is 6.92 Å². The van der Waals surface area contributed by atoms with E-state index in [1.807, 2.05) is 28.3 Å². The number of aromatic nitrogens is 2. The number of thiophene rings is 1. The zero-order valence-electron chi connectivity index (χ0n) is 11.5. The lowest BCUT2D eigenvalue weighted by molar-refractivity contribution is 0.533. The maximum atomic E-state index is 4.51. The molecule has 98 valence electrons. The minimum atomic E-state index is 0.311. The second-order valence-corrected chi connectivity index (χ2v) is 6.00. The van der Waals surface area contributed by atoms with Crippen molar-refractivity contribution in [2.24, 2.45) is 0 Å². The van der Waals surface area contributed by atoms with Crippen LogP contribution in [0, 0.1) is 0 Å². The van der Waals surface area contributed by atoms with Crippen molar-refractivity contribution in [1.82, 2.24) is 9.78 Å². The minimum Gasteiger partial charge on any atom is -0.361 e. The standard InChI is InChI=1S/C14H21N3S/c1-5-12-6-7-13(18-12)11(4)15-14-8-9-17(16-14)10(2)3/h6-11H,5H2,1-4H3,(H,15,16). The summed E-state index contributed by atoms with van der Waals surface area (Å²) in [5.41, 5.74) is 0. The number of hydrogen-bond acceptors (Lipinski definition) is 3. The van der Waals surface area contributed by atoms with Crippen molar-refractivity contribution in [3.8, 4) is 0 Å². The summed E-state index contributed by atoms with van der Waals surface area (Å²) >= 11 is 1.88. The van der Waals surface area contributed by atoms with Crippen LogP contribution in [-0.4, -0.2) is 9.78 Å². The Morgan fingerprint density at radius 3 is 2.61 bits per heavy atom. The second kappa shape index (κ2) is 5.57. The smallest absolute Gasteiger partial charge is 0.148 e. The molecule has 0 fully saturated rings. The quantitative estimate of drug-likeness (QED) is 0.873. The Kier molecular flexibility index (Phi) is 4.07. The van der Waals surface area contributed by atoms with Gasteiger partial charge in [0.1, 0.15) is 5.82 Å². The highest BCUT2D eigenvalue weighted by Crippen LogP contribution is 2.26. The highest BCUT2D eigenvalue weighted by atomic mass is 32.1. The SMILES string of the molecule is CCc1ccc(C(C)Nc2ccn(C(C)C)n2)s1. The Labute approximate surface area is 113 Å². The van der Waals surface area contributed by atoms with Gasteiger partial charge in [0.2, 0.25) is 0 Å². The molecule has 0 saturated heterocycles. The van der Waals surface area contributed by atoms with Crippen LogP contribution in [0.4, 0.5) is 5.82 Å². The first kappa shape index (κ1) is 13.1. The third kappa shape index (κ3) is 2.93. The van der Waals surface area contributed by atoms with E-state index in [4.69, 9.17) is 0 Å². The number of aryl methyl sites for hydroxylation is 1. The van der Waals surface area contributed by atoms with Gasteiger partial charge in [0.15, 0.2) is 0 Å². The van der Waals surface area contributed by atoms with E-state index in [1.165, 1.54) is 9.75 Å². The highest BCUT2D eigenvalue weighted by Gasteiger charge is 2.10. The van der Waals surface area contributed by atoms with Gasteiger partial charge in [-0.15, -0.1) is 11.3 Å². The van der Waals surface area contributed by atoms with Crippen LogP contribution in [0.2, 0.25) is 0 Å². The lowest BCUT2D eigenvalue weighted by atomic mass is 10.2. The molecule has 18 heavy (non-hydrogen) atoms. The zero-order chi connectivity index (χ0) is 13.1. The summed E-state index contributed by atoms with van der Waals surface area (Å²) in [6, 6.07) is 7.17. The molecule has 0 radical (unpaired) electrons. The van der Waals surface area contributed by atoms with Gasteiger partial charge < -0.3 is 5.32 Å². The van der Waals surface area contributed by atoms with E-state index in [1.54, 1.807) is 0 Å². The van der Waals surface area contributed by atoms with Gasteiger partial charge in [0.05, 0.1) is 6.04 Å². The molecule has 2 heterocycles. The minimum absolute atomic E-state index is 0.311. The van der Waals surface area contributed by atoms with Crippen molar-refractivity contribution < 1.29 is 0 Å². The molecule has 0 aliphatic carbocycles. The fourth-order valence-corrected chi connectivity index (χ4v) is 2.77. The third-order valence-corrected chi connectivity index (χ3v) is 4.37. The molecule has 0 bridgehead atoms. The Hall–Kier alpha value is -1.29. The Morgan fingerprint density at radius 2 is 2.06 bits per heavy atom. The Balaban J connectivity index is 2.03. The number of rotatable bonds is 5. The first-order chi connectivity index (χ1) is 8.60. The number of anilines is 1. The van der Waals surface area contributed by atoms with Crippen molar-refractivity contribution >= 4 is 17.2 Å². The van der Waals surface area contributed by atoms with Crippen molar-refractivity contribution in [2.45, 2.75) is 46.2 Å². The number of nitrogens with zero attached hydrogens (tertiary/aromatic N) is 2. The monoisotopic (exact) mass is 263 g/mol. The molecule has 1 atom stereocenters. The summed E-state index contributed by atoms with van der Waals surface area (Å²) in [6.45, 7) is 8.64. The average Bonchev–Trinajstić information content (AvgIpc) is 2.96. The summed E-state index contributed by atoms with van der Waals surface area (Å²) in [4.78, 5) is 2.80. The molecule has 0 saturated carbocycles. The summed E-state index contributed by atoms with van der Waals surface area (Å²) in [5.74, 6) is 0.947. The molecule has 0 aromatic carbocycles. The van der Waals surface area contributed by atoms with Gasteiger partial charge in [-0.25, -0.2) is 0 Å². The predicted molar refractivity (Wildman–Crippen MR) is 78.3 cm³/mol. The largest absolute Gasteiger partial charge is 0.361 e. The van der Waals surface area contributed by atoms with Gasteiger partial charge in [0, 0.05) is 28.1 Å². The predicted octanol–water partition coefficient (Wildman–Crippen LogP) is 4.26. The van der Waals surface area contributed by atoms with Crippen molar-refractivity contribution in [3.05, 3.63) is 34.2 Å². The van der Waals surface area contributed by atoms with Crippen LogP contribution in [0.3, 0.4) is 0 Å². The van der Waals surface area contributed by atoms with E-state index >= 15 is 0 Å². The summed E-state index contributed by atoms with van der Waals surface area (Å²) < 4.78 is 1.97. The molecular formula is C14H21N3S. The van der Waals surface area contributed by atoms with Gasteiger partial charge in [-0.2, -0.15) is 5.10 Å². The first-order valence-corrected chi connectivity index (χ1v) is 7.32. The lowest BCUT2D eigenvalue weighted by Crippen LogP contribution is -2.07. The van der Waals surface area contributed by atoms with E-state index in [0.717, 1.165) is 12.2 Å². The first-order valence-electron chi connectivity index (χ1n) is 6.50. The molecule has 0 spiro atoms. The Morgan fingerprint density at radius 1 is 1.28 bits per heavy atom. The molecule has 4 heteroatoms. The van der Waals surface area contributed by atoms with E-state index < -0.39 is 0 Å². The summed E-state index contributed by atoms with van der Waals surface area (Å²) in [6.07, 6.45) is 3.13. The summed E-state index contributed by atoms with van der Waals surface area (Å²) in [7, 11) is 0. The van der Waals surface area contributed by atoms with Crippen LogP contribution in [-0.2, 0) is 6.42 Å². The van der Waals surface area contributed by atoms with Crippen LogP contribution in [0.5, 0.6) is 0 Å². The molecular weight excluding hydrogens is 242 g/mol. The van der Waals surface area contributed by atoms with E-state index in [2.05, 4.69) is 50.2 Å². The van der Waals surface area contributed by atoms with Crippen molar-refractivity contribution in [3.63, 3.8) is 0 Å². The second-order valence-electron chi connectivity index (χ2n) is 4.80. The van der Waals surface area contributed by atoms with Crippen LogP contribution < -0.4 is 5.32 Å². The maximum Gasteiger partial charge on any atom is 0.148 e. The van der Waals surface area contributed by atoms with Crippen LogP contribution >= 0.6 is 11.3 Å².